The zero-order valence-electron chi connectivity index (χ0n) is 51.0. The number of nitrogens with one attached hydrogen (secondary N) is 1. The molecule has 2 saturated heterocycles. The minimum Gasteiger partial charge on any atom is -0.489 e. The van der Waals surface area contributed by atoms with Gasteiger partial charge in [0.05, 0.1) is 29.9 Å². The van der Waals surface area contributed by atoms with Crippen molar-refractivity contribution in [2.24, 2.45) is 40.4 Å². The van der Waals surface area contributed by atoms with Crippen molar-refractivity contribution in [2.75, 3.05) is 39.3 Å². The maximum Gasteiger partial charge on any atom is 0.524 e. The van der Waals surface area contributed by atoms with Crippen molar-refractivity contribution in [1.82, 2.24) is 10.2 Å². The molecular formula is C71H88N3O13P. The number of benzene rings is 4. The van der Waals surface area contributed by atoms with E-state index >= 15 is 4.79 Å². The first-order valence-corrected chi connectivity index (χ1v) is 33.9. The molecule has 11 atom stereocenters. The Morgan fingerprint density at radius 2 is 1.58 bits per heavy atom. The topological polar surface area (TPSA) is 234 Å². The highest BCUT2D eigenvalue weighted by atomic mass is 31.2. The molecule has 0 bridgehead atoms. The number of ketones is 2. The summed E-state index contributed by atoms with van der Waals surface area (Å²) in [5.74, 6) is -0.714. The molecule has 7 aliphatic rings. The van der Waals surface area contributed by atoms with Crippen LogP contribution < -0.4 is 14.6 Å². The van der Waals surface area contributed by atoms with Gasteiger partial charge in [0.25, 0.3) is 0 Å². The summed E-state index contributed by atoms with van der Waals surface area (Å²) in [7, 11) is -4.96. The normalized spacial score (nSPS) is 29.0. The van der Waals surface area contributed by atoms with Crippen molar-refractivity contribution in [1.29, 1.82) is 5.26 Å². The van der Waals surface area contributed by atoms with Crippen molar-refractivity contribution in [3.05, 3.63) is 155 Å². The van der Waals surface area contributed by atoms with E-state index in [1.54, 1.807) is 36.4 Å². The van der Waals surface area contributed by atoms with Gasteiger partial charge in [0.2, 0.25) is 5.78 Å². The SMILES string of the molecule is CC12C=CC(=O)C=C1CCC1C2C(O)CC2(C)C1CC1OC(C3CCCCC3)OC12C(=O)COC(=O)c1ccc(OCc2cc(C(O)CNCCCCCCCCCN3CCC(C(C#N)(c4ccccc4)c4ccccc4)C3)ccc2OP(=O)(O)O)cc1. The number of likely N-dealkylation sites (tertiary alicyclic amines) is 1. The molecule has 0 aromatic heterocycles. The third kappa shape index (κ3) is 13.1. The van der Waals surface area contributed by atoms with Crippen molar-refractivity contribution >= 4 is 25.4 Å². The number of esters is 1. The monoisotopic (exact) mass is 1220 g/mol. The van der Waals surface area contributed by atoms with E-state index in [4.69, 9.17) is 23.5 Å². The molecule has 470 valence electrons. The molecule has 11 unspecified atom stereocenters. The van der Waals surface area contributed by atoms with Crippen molar-refractivity contribution in [2.45, 2.75) is 165 Å². The van der Waals surface area contributed by atoms with Crippen LogP contribution >= 0.6 is 7.82 Å². The highest BCUT2D eigenvalue weighted by Crippen LogP contribution is 2.70. The van der Waals surface area contributed by atoms with E-state index in [-0.39, 0.29) is 71.2 Å². The molecule has 6 fully saturated rings. The van der Waals surface area contributed by atoms with Gasteiger partial charge in [-0.2, -0.15) is 5.26 Å². The molecule has 4 saturated carbocycles. The molecule has 11 rings (SSSR count). The van der Waals surface area contributed by atoms with Crippen molar-refractivity contribution in [3.63, 3.8) is 0 Å². The van der Waals surface area contributed by atoms with Crippen LogP contribution in [0, 0.1) is 51.8 Å². The van der Waals surface area contributed by atoms with Crippen LogP contribution in [0.2, 0.25) is 0 Å². The number of carbonyl (C=O) groups excluding carboxylic acids is 3. The number of unbranched alkanes of at least 4 members (excludes halogenated alkanes) is 6. The van der Waals surface area contributed by atoms with E-state index in [0.29, 0.717) is 24.2 Å². The van der Waals surface area contributed by atoms with Gasteiger partial charge < -0.3 is 43.9 Å². The van der Waals surface area contributed by atoms with Gasteiger partial charge in [-0.15, -0.1) is 0 Å². The molecule has 0 spiro atoms. The number of aliphatic hydroxyl groups is 2. The Morgan fingerprint density at radius 3 is 2.27 bits per heavy atom. The van der Waals surface area contributed by atoms with E-state index in [1.165, 1.54) is 31.0 Å². The van der Waals surface area contributed by atoms with Gasteiger partial charge in [0, 0.05) is 41.3 Å². The molecular weight excluding hydrogens is 1130 g/mol. The fraction of sp³-hybridized carbons (Fsp3) is 0.549. The largest absolute Gasteiger partial charge is 0.524 e. The summed E-state index contributed by atoms with van der Waals surface area (Å²) in [6.07, 6.45) is 18.7. The van der Waals surface area contributed by atoms with E-state index in [0.717, 1.165) is 126 Å². The Balaban J connectivity index is 0.631. The first-order chi connectivity index (χ1) is 42.5. The lowest BCUT2D eigenvalue weighted by Crippen LogP contribution is -2.63. The zero-order valence-corrected chi connectivity index (χ0v) is 51.9. The number of Topliss-reactive ketones (excluding diaryl/α,β-unsaturated/α-hetero) is 1. The standard InChI is InChI=1S/C71H88N3O13P/c1-68-35-33-56(75)40-54(68)28-31-58-59-41-64-71(69(59,2)42-60(76)65(58)68,86-67(85-64)49-19-11-8-12-20-49)63(78)46-84-66(79)48-25-29-57(30-26-48)83-45-51-39-50(27-32-62(51)87-88(80,81)82)61(77)43-73-36-17-6-4-3-5-7-18-37-74-38-34-55(44-74)70(47-72,52-21-13-9-14-22-52)53-23-15-10-16-24-53/h9-10,13-16,21-27,29-30,32-33,35,39-40,49,55,58-61,64-65,67,73,76-77H,3-8,11-12,17-20,28,31,34,36-38,41-46H2,1-2H3,(H2,80,81,82). The number of nitriles is 1. The van der Waals surface area contributed by atoms with Crippen LogP contribution in [-0.2, 0) is 40.4 Å². The number of aliphatic hydroxyl groups excluding tert-OH is 2. The maximum absolute atomic E-state index is 15.0. The van der Waals surface area contributed by atoms with E-state index in [9.17, 15) is 39.4 Å². The second-order valence-electron chi connectivity index (χ2n) is 26.6. The summed E-state index contributed by atoms with van der Waals surface area (Å²) in [5.41, 5.74) is 0.697. The third-order valence-corrected chi connectivity index (χ3v) is 21.8. The quantitative estimate of drug-likeness (QED) is 0.0223. The number of hydrogen-bond acceptors (Lipinski definition) is 14. The smallest absolute Gasteiger partial charge is 0.489 e. The minimum atomic E-state index is -4.96. The van der Waals surface area contributed by atoms with Crippen LogP contribution in [0.5, 0.6) is 11.5 Å². The van der Waals surface area contributed by atoms with Gasteiger partial charge in [-0.25, -0.2) is 9.36 Å². The number of carbonyl (C=O) groups is 3. The number of allylic oxidation sites excluding steroid dienone is 4. The zero-order chi connectivity index (χ0) is 61.7. The molecule has 17 heteroatoms. The van der Waals surface area contributed by atoms with Crippen molar-refractivity contribution in [3.8, 4) is 17.6 Å². The number of ether oxygens (including phenoxy) is 4. The minimum absolute atomic E-state index is 0.0273. The van der Waals surface area contributed by atoms with Gasteiger partial charge >= 0.3 is 13.8 Å². The predicted molar refractivity (Wildman–Crippen MR) is 332 cm³/mol. The third-order valence-electron chi connectivity index (χ3n) is 21.4. The average molecular weight is 1220 g/mol. The molecule has 16 nitrogen and oxygen atoms in total. The second kappa shape index (κ2) is 27.3. The van der Waals surface area contributed by atoms with Crippen LogP contribution in [-0.4, -0.2) is 106 Å². The van der Waals surface area contributed by atoms with E-state index in [1.807, 2.05) is 42.5 Å². The van der Waals surface area contributed by atoms with Crippen molar-refractivity contribution < 1.29 is 62.4 Å². The lowest BCUT2D eigenvalue weighted by Gasteiger charge is -2.59. The Hall–Kier alpha value is -5.83. The van der Waals surface area contributed by atoms with Crippen LogP contribution in [0.3, 0.4) is 0 Å². The summed E-state index contributed by atoms with van der Waals surface area (Å²) >= 11 is 0. The number of phosphoric ester groups is 1. The molecule has 4 aromatic rings. The summed E-state index contributed by atoms with van der Waals surface area (Å²) in [4.78, 5) is 63.2. The molecule has 2 heterocycles. The second-order valence-corrected chi connectivity index (χ2v) is 27.8. The Kier molecular flexibility index (Phi) is 19.8. The lowest BCUT2D eigenvalue weighted by atomic mass is 9.46. The van der Waals surface area contributed by atoms with E-state index in [2.05, 4.69) is 54.4 Å². The summed E-state index contributed by atoms with van der Waals surface area (Å²) in [5, 5.41) is 37.6. The lowest BCUT2D eigenvalue weighted by molar-refractivity contribution is -0.209. The maximum atomic E-state index is 15.0. The van der Waals surface area contributed by atoms with E-state index < -0.39 is 66.8 Å². The Morgan fingerprint density at radius 1 is 0.886 bits per heavy atom. The van der Waals surface area contributed by atoms with Gasteiger partial charge in [-0.05, 0) is 160 Å². The number of fused-ring (bicyclic) bond motifs is 7. The van der Waals surface area contributed by atoms with Crippen LogP contribution in [0.1, 0.15) is 162 Å². The van der Waals surface area contributed by atoms with Gasteiger partial charge in [-0.1, -0.05) is 144 Å². The highest BCUT2D eigenvalue weighted by Gasteiger charge is 2.76. The molecule has 0 radical (unpaired) electrons. The number of phosphoric acid groups is 1. The Bertz CT molecular complexity index is 3210. The molecule has 5 aliphatic carbocycles. The summed E-state index contributed by atoms with van der Waals surface area (Å²) < 4.78 is 42.8. The predicted octanol–water partition coefficient (Wildman–Crippen LogP) is 11.6. The molecule has 88 heavy (non-hydrogen) atoms. The first-order valence-electron chi connectivity index (χ1n) is 32.4. The molecule has 5 N–H and O–H groups in total. The van der Waals surface area contributed by atoms with Gasteiger partial charge in [-0.3, -0.25) is 19.4 Å². The fourth-order valence-corrected chi connectivity index (χ4v) is 17.4. The fourth-order valence-electron chi connectivity index (χ4n) is 17.0. The number of rotatable bonds is 26. The molecule has 0 amide bonds. The molecule has 4 aromatic carbocycles. The van der Waals surface area contributed by atoms with Crippen LogP contribution in [0.4, 0.5) is 0 Å². The van der Waals surface area contributed by atoms with Crippen LogP contribution in [0.25, 0.3) is 0 Å². The highest BCUT2D eigenvalue weighted by molar-refractivity contribution is 7.46. The first kappa shape index (κ1) is 63.7. The number of nitrogens with zero attached hydrogens (tertiary/aromatic N) is 2. The Labute approximate surface area is 518 Å². The van der Waals surface area contributed by atoms with Gasteiger partial charge in [0.1, 0.15) is 23.5 Å². The summed E-state index contributed by atoms with van der Waals surface area (Å²) in [6, 6.07) is 34.0. The molecule has 2 aliphatic heterocycles. The summed E-state index contributed by atoms with van der Waals surface area (Å²) in [6.45, 7) is 7.38. The van der Waals surface area contributed by atoms with Gasteiger partial charge in [0.15, 0.2) is 24.3 Å². The van der Waals surface area contributed by atoms with Crippen LogP contribution in [0.15, 0.2) is 127 Å². The average Bonchev–Trinajstić information content (AvgIpc) is 1.49. The number of hydrogen-bond donors (Lipinski definition) is 5.